The van der Waals surface area contributed by atoms with Gasteiger partial charge in [-0.2, -0.15) is 0 Å². The Morgan fingerprint density at radius 1 is 1.67 bits per heavy atom. The lowest BCUT2D eigenvalue weighted by atomic mass is 10.5. The molecule has 12 heavy (non-hydrogen) atoms. The molecule has 0 aromatic carbocycles. The van der Waals surface area contributed by atoms with E-state index in [2.05, 4.69) is 10.0 Å². The van der Waals surface area contributed by atoms with E-state index in [1.54, 1.807) is 16.8 Å². The largest absolute Gasteiger partial charge is 0.326 e. The molecule has 0 aromatic heterocycles. The molecule has 1 fully saturated rings. The second kappa shape index (κ2) is 3.82. The number of rotatable bonds is 3. The minimum absolute atomic E-state index is 0.0168. The molecule has 0 bridgehead atoms. The molecule has 0 spiro atoms. The van der Waals surface area contributed by atoms with E-state index in [1.165, 1.54) is 0 Å². The number of amides is 2. The highest BCUT2D eigenvalue weighted by molar-refractivity contribution is 5.76. The molecule has 0 N–H and O–H groups in total. The van der Waals surface area contributed by atoms with Gasteiger partial charge in [-0.25, -0.2) is 4.79 Å². The zero-order chi connectivity index (χ0) is 8.97. The fourth-order valence-corrected chi connectivity index (χ4v) is 1.12. The van der Waals surface area contributed by atoms with Crippen LogP contribution in [0.4, 0.5) is 4.79 Å². The number of likely N-dealkylation sites (N-methyl/N-ethyl adjacent to an activating group) is 1. The van der Waals surface area contributed by atoms with E-state index in [1.807, 2.05) is 0 Å². The van der Waals surface area contributed by atoms with Crippen molar-refractivity contribution < 1.29 is 4.79 Å². The van der Waals surface area contributed by atoms with Crippen molar-refractivity contribution in [1.29, 1.82) is 0 Å². The van der Waals surface area contributed by atoms with E-state index < -0.39 is 0 Å². The Morgan fingerprint density at radius 3 is 2.92 bits per heavy atom. The number of carbonyl (C=O) groups is 1. The van der Waals surface area contributed by atoms with Gasteiger partial charge in [0.2, 0.25) is 0 Å². The fraction of sp³-hybridized carbons (Fsp3) is 0.833. The van der Waals surface area contributed by atoms with E-state index in [4.69, 9.17) is 5.53 Å². The van der Waals surface area contributed by atoms with Crippen molar-refractivity contribution >= 4 is 6.03 Å². The van der Waals surface area contributed by atoms with Crippen LogP contribution in [0.15, 0.2) is 5.11 Å². The van der Waals surface area contributed by atoms with Crippen LogP contribution < -0.4 is 0 Å². The first-order valence-corrected chi connectivity index (χ1v) is 3.76. The number of hydrogen-bond donors (Lipinski definition) is 0. The van der Waals surface area contributed by atoms with E-state index in [0.717, 1.165) is 13.1 Å². The zero-order valence-electron chi connectivity index (χ0n) is 6.97. The summed E-state index contributed by atoms with van der Waals surface area (Å²) < 4.78 is 0. The molecule has 1 saturated heterocycles. The van der Waals surface area contributed by atoms with Crippen LogP contribution in [0.25, 0.3) is 10.4 Å². The second-order valence-electron chi connectivity index (χ2n) is 2.65. The SMILES string of the molecule is CN1CCN(CCN=[N+]=[N-])C1=O. The smallest absolute Gasteiger partial charge is 0.319 e. The van der Waals surface area contributed by atoms with Gasteiger partial charge in [0.15, 0.2) is 0 Å². The zero-order valence-corrected chi connectivity index (χ0v) is 6.97. The molecule has 1 heterocycles. The highest BCUT2D eigenvalue weighted by Gasteiger charge is 2.23. The summed E-state index contributed by atoms with van der Waals surface area (Å²) >= 11 is 0. The minimum atomic E-state index is 0.0168. The van der Waals surface area contributed by atoms with Gasteiger partial charge in [-0.3, -0.25) is 0 Å². The molecule has 66 valence electrons. The maximum absolute atomic E-state index is 11.2. The third-order valence-electron chi connectivity index (χ3n) is 1.84. The standard InChI is InChI=1S/C6H11N5O/c1-10-4-5-11(6(10)12)3-2-8-9-7/h2-5H2,1H3. The average Bonchev–Trinajstić information content (AvgIpc) is 2.36. The lowest BCUT2D eigenvalue weighted by molar-refractivity contribution is 0.199. The molecule has 0 atom stereocenters. The summed E-state index contributed by atoms with van der Waals surface area (Å²) in [6.07, 6.45) is 0. The Bertz CT molecular complexity index is 222. The van der Waals surface area contributed by atoms with Crippen molar-refractivity contribution in [1.82, 2.24) is 9.80 Å². The van der Waals surface area contributed by atoms with Crippen molar-refractivity contribution in [3.05, 3.63) is 10.4 Å². The summed E-state index contributed by atoms with van der Waals surface area (Å²) in [5.41, 5.74) is 8.00. The molecule has 0 saturated carbocycles. The molecule has 6 nitrogen and oxygen atoms in total. The third-order valence-corrected chi connectivity index (χ3v) is 1.84. The number of azide groups is 1. The van der Waals surface area contributed by atoms with Gasteiger partial charge in [0.25, 0.3) is 0 Å². The molecular formula is C6H11N5O. The molecule has 1 aliphatic rings. The number of hydrogen-bond acceptors (Lipinski definition) is 2. The van der Waals surface area contributed by atoms with Gasteiger partial charge in [-0.1, -0.05) is 5.11 Å². The van der Waals surface area contributed by atoms with Crippen LogP contribution in [0.3, 0.4) is 0 Å². The van der Waals surface area contributed by atoms with E-state index in [0.29, 0.717) is 13.1 Å². The summed E-state index contributed by atoms with van der Waals surface area (Å²) in [7, 11) is 1.76. The van der Waals surface area contributed by atoms with E-state index in [-0.39, 0.29) is 6.03 Å². The Balaban J connectivity index is 2.34. The van der Waals surface area contributed by atoms with Crippen molar-refractivity contribution in [2.75, 3.05) is 33.2 Å². The molecule has 0 aromatic rings. The van der Waals surface area contributed by atoms with Gasteiger partial charge in [0.05, 0.1) is 0 Å². The predicted octanol–water partition coefficient (Wildman–Crippen LogP) is 0.664. The molecular weight excluding hydrogens is 158 g/mol. The fourth-order valence-electron chi connectivity index (χ4n) is 1.12. The van der Waals surface area contributed by atoms with Gasteiger partial charge < -0.3 is 9.80 Å². The molecule has 1 rings (SSSR count). The van der Waals surface area contributed by atoms with E-state index >= 15 is 0 Å². The summed E-state index contributed by atoms with van der Waals surface area (Å²) in [6, 6.07) is 0.0168. The number of carbonyl (C=O) groups excluding carboxylic acids is 1. The Morgan fingerprint density at radius 2 is 2.42 bits per heavy atom. The highest BCUT2D eigenvalue weighted by atomic mass is 16.2. The van der Waals surface area contributed by atoms with Crippen LogP contribution in [-0.2, 0) is 0 Å². The maximum atomic E-state index is 11.2. The Hall–Kier alpha value is -1.42. The first-order chi connectivity index (χ1) is 5.75. The van der Waals surface area contributed by atoms with Crippen LogP contribution in [0.2, 0.25) is 0 Å². The maximum Gasteiger partial charge on any atom is 0.319 e. The van der Waals surface area contributed by atoms with Crippen LogP contribution in [0.1, 0.15) is 0 Å². The van der Waals surface area contributed by atoms with Gasteiger partial charge in [-0.15, -0.1) is 0 Å². The van der Waals surface area contributed by atoms with Crippen molar-refractivity contribution in [2.24, 2.45) is 5.11 Å². The quantitative estimate of drug-likeness (QED) is 0.347. The van der Waals surface area contributed by atoms with Crippen LogP contribution in [0, 0.1) is 0 Å². The Labute approximate surface area is 70.4 Å². The van der Waals surface area contributed by atoms with Crippen LogP contribution in [0.5, 0.6) is 0 Å². The normalized spacial score (nSPS) is 16.6. The molecule has 1 aliphatic heterocycles. The molecule has 0 aliphatic carbocycles. The molecule has 0 unspecified atom stereocenters. The van der Waals surface area contributed by atoms with Crippen LogP contribution >= 0.6 is 0 Å². The summed E-state index contributed by atoms with van der Waals surface area (Å²) in [4.78, 5) is 17.2. The second-order valence-corrected chi connectivity index (χ2v) is 2.65. The summed E-state index contributed by atoms with van der Waals surface area (Å²) in [5, 5.41) is 3.36. The molecule has 0 radical (unpaired) electrons. The third kappa shape index (κ3) is 1.79. The highest BCUT2D eigenvalue weighted by Crippen LogP contribution is 2.04. The average molecular weight is 169 g/mol. The first kappa shape index (κ1) is 8.67. The van der Waals surface area contributed by atoms with Crippen LogP contribution in [-0.4, -0.2) is 49.1 Å². The van der Waals surface area contributed by atoms with Crippen molar-refractivity contribution in [3.63, 3.8) is 0 Å². The summed E-state index contributed by atoms with van der Waals surface area (Å²) in [5.74, 6) is 0. The summed E-state index contributed by atoms with van der Waals surface area (Å²) in [6.45, 7) is 2.37. The Kier molecular flexibility index (Phi) is 2.76. The van der Waals surface area contributed by atoms with Gasteiger partial charge in [-0.05, 0) is 5.53 Å². The van der Waals surface area contributed by atoms with Gasteiger partial charge in [0, 0.05) is 38.1 Å². The monoisotopic (exact) mass is 169 g/mol. The lowest BCUT2D eigenvalue weighted by Gasteiger charge is -2.13. The number of nitrogens with zero attached hydrogens (tertiary/aromatic N) is 5. The van der Waals surface area contributed by atoms with Crippen molar-refractivity contribution in [3.8, 4) is 0 Å². The van der Waals surface area contributed by atoms with Gasteiger partial charge in [0.1, 0.15) is 0 Å². The number of urea groups is 1. The molecule has 2 amide bonds. The van der Waals surface area contributed by atoms with Crippen molar-refractivity contribution in [2.45, 2.75) is 0 Å². The first-order valence-electron chi connectivity index (χ1n) is 3.76. The minimum Gasteiger partial charge on any atom is -0.326 e. The van der Waals surface area contributed by atoms with Gasteiger partial charge >= 0.3 is 6.03 Å². The molecule has 6 heteroatoms. The lowest BCUT2D eigenvalue weighted by Crippen LogP contribution is -2.31. The predicted molar refractivity (Wildman–Crippen MR) is 43.6 cm³/mol. The van der Waals surface area contributed by atoms with E-state index in [9.17, 15) is 4.79 Å². The topological polar surface area (TPSA) is 72.3 Å².